The van der Waals surface area contributed by atoms with Crippen LogP contribution in [0.25, 0.3) is 0 Å². The number of nitrogens with one attached hydrogen (secondary N) is 1. The largest absolute Gasteiger partial charge is 0.354 e. The number of halogens is 3. The molecule has 2 nitrogen and oxygen atoms in total. The van der Waals surface area contributed by atoms with E-state index in [0.29, 0.717) is 21.6 Å². The molecule has 1 amide bonds. The summed E-state index contributed by atoms with van der Waals surface area (Å²) < 4.78 is 0. The maximum Gasteiger partial charge on any atom is 0.233 e. The van der Waals surface area contributed by atoms with E-state index in [2.05, 4.69) is 5.32 Å². The van der Waals surface area contributed by atoms with Gasteiger partial charge in [-0.2, -0.15) is 11.8 Å². The minimum atomic E-state index is -0.156. The van der Waals surface area contributed by atoms with Gasteiger partial charge in [-0.3, -0.25) is 4.79 Å². The molecule has 2 aromatic rings. The number of amides is 1. The van der Waals surface area contributed by atoms with Crippen LogP contribution < -0.4 is 5.32 Å². The minimum Gasteiger partial charge on any atom is -0.354 e. The number of hydrogen-bond donors (Lipinski definition) is 1. The summed E-state index contributed by atoms with van der Waals surface area (Å²) in [5.74, 6) is 1.65. The van der Waals surface area contributed by atoms with Gasteiger partial charge in [0.2, 0.25) is 5.91 Å². The maximum absolute atomic E-state index is 12.1. The second-order valence-corrected chi connectivity index (χ2v) is 9.09. The first-order chi connectivity index (χ1) is 12.0. The molecule has 0 saturated heterocycles. The smallest absolute Gasteiger partial charge is 0.233 e. The molecule has 0 unspecified atom stereocenters. The van der Waals surface area contributed by atoms with Crippen LogP contribution in [0.15, 0.2) is 47.4 Å². The summed E-state index contributed by atoms with van der Waals surface area (Å²) in [5.41, 5.74) is 1.05. The number of hydrogen-bond acceptors (Lipinski definition) is 3. The molecule has 0 aromatic heterocycles. The van der Waals surface area contributed by atoms with Crippen LogP contribution in [0.5, 0.6) is 0 Å². The third-order valence-corrected chi connectivity index (χ3v) is 6.27. The highest BCUT2D eigenvalue weighted by molar-refractivity contribution is 8.00. The number of thioether (sulfide) groups is 2. The van der Waals surface area contributed by atoms with Gasteiger partial charge in [0.15, 0.2) is 0 Å². The Kier molecular flexibility index (Phi) is 8.80. The Morgan fingerprint density at radius 1 is 1.08 bits per heavy atom. The van der Waals surface area contributed by atoms with Crippen LogP contribution in [0.1, 0.15) is 12.5 Å². The SMILES string of the molecule is C[C@H](Sc1ccc(Cl)cc1)C(=O)NCCSCc1ccc(Cl)cc1Cl. The third-order valence-electron chi connectivity index (χ3n) is 3.31. The average Bonchev–Trinajstić information content (AvgIpc) is 2.58. The van der Waals surface area contributed by atoms with Crippen molar-refractivity contribution in [3.8, 4) is 0 Å². The quantitative estimate of drug-likeness (QED) is 0.397. The van der Waals surface area contributed by atoms with Crippen LogP contribution in [0.3, 0.4) is 0 Å². The first-order valence-electron chi connectivity index (χ1n) is 7.67. The van der Waals surface area contributed by atoms with Crippen molar-refractivity contribution in [3.63, 3.8) is 0 Å². The first-order valence-corrected chi connectivity index (χ1v) is 10.8. The Morgan fingerprint density at radius 3 is 2.44 bits per heavy atom. The number of benzene rings is 2. The molecule has 0 radical (unpaired) electrons. The standard InChI is InChI=1S/C18H18Cl3NOS2/c1-12(25-16-6-4-14(19)5-7-16)18(23)22-8-9-24-11-13-2-3-15(20)10-17(13)21/h2-7,10,12H,8-9,11H2,1H3,(H,22,23)/t12-/m0/s1. The molecule has 25 heavy (non-hydrogen) atoms. The van der Waals surface area contributed by atoms with Gasteiger partial charge in [0.1, 0.15) is 0 Å². The van der Waals surface area contributed by atoms with Gasteiger partial charge in [0.05, 0.1) is 5.25 Å². The highest BCUT2D eigenvalue weighted by Crippen LogP contribution is 2.25. The van der Waals surface area contributed by atoms with Gasteiger partial charge in [0.25, 0.3) is 0 Å². The molecule has 2 aromatic carbocycles. The van der Waals surface area contributed by atoms with Crippen molar-refractivity contribution < 1.29 is 4.79 Å². The lowest BCUT2D eigenvalue weighted by molar-refractivity contribution is -0.120. The fraction of sp³-hybridized carbons (Fsp3) is 0.278. The van der Waals surface area contributed by atoms with Gasteiger partial charge < -0.3 is 5.32 Å². The summed E-state index contributed by atoms with van der Waals surface area (Å²) >= 11 is 21.1. The average molecular weight is 435 g/mol. The molecule has 7 heteroatoms. The fourth-order valence-electron chi connectivity index (χ4n) is 1.98. The van der Waals surface area contributed by atoms with Crippen molar-refractivity contribution >= 4 is 64.2 Å². The Hall–Kier alpha value is -0.520. The summed E-state index contributed by atoms with van der Waals surface area (Å²) in [7, 11) is 0. The molecular formula is C18H18Cl3NOS2. The van der Waals surface area contributed by atoms with E-state index in [0.717, 1.165) is 22.0 Å². The molecule has 0 aliphatic carbocycles. The van der Waals surface area contributed by atoms with Crippen molar-refractivity contribution in [2.24, 2.45) is 0 Å². The van der Waals surface area contributed by atoms with Crippen molar-refractivity contribution in [2.45, 2.75) is 22.8 Å². The van der Waals surface area contributed by atoms with E-state index in [9.17, 15) is 4.79 Å². The van der Waals surface area contributed by atoms with E-state index in [4.69, 9.17) is 34.8 Å². The second-order valence-electron chi connectivity index (χ2n) is 5.29. The van der Waals surface area contributed by atoms with Gasteiger partial charge in [-0.25, -0.2) is 0 Å². The molecule has 0 heterocycles. The van der Waals surface area contributed by atoms with Crippen LogP contribution in [0.2, 0.25) is 15.1 Å². The fourth-order valence-corrected chi connectivity index (χ4v) is 4.42. The first kappa shape index (κ1) is 20.8. The highest BCUT2D eigenvalue weighted by Gasteiger charge is 2.13. The molecule has 0 bridgehead atoms. The molecule has 2 rings (SSSR count). The molecular weight excluding hydrogens is 417 g/mol. The summed E-state index contributed by atoms with van der Waals surface area (Å²) in [5, 5.41) is 4.82. The normalized spacial score (nSPS) is 12.0. The van der Waals surface area contributed by atoms with Crippen molar-refractivity contribution in [1.29, 1.82) is 0 Å². The van der Waals surface area contributed by atoms with Gasteiger partial charge in [-0.05, 0) is 48.9 Å². The number of carbonyl (C=O) groups excluding carboxylic acids is 1. The highest BCUT2D eigenvalue weighted by atomic mass is 35.5. The number of rotatable bonds is 8. The topological polar surface area (TPSA) is 29.1 Å². The Balaban J connectivity index is 1.66. The molecule has 0 aliphatic rings. The van der Waals surface area contributed by atoms with Crippen molar-refractivity contribution in [1.82, 2.24) is 5.32 Å². The lowest BCUT2D eigenvalue weighted by atomic mass is 10.2. The minimum absolute atomic E-state index is 0.0325. The Bertz CT molecular complexity index is 710. The molecule has 1 N–H and O–H groups in total. The summed E-state index contributed by atoms with van der Waals surface area (Å²) in [6, 6.07) is 13.0. The monoisotopic (exact) mass is 433 g/mol. The summed E-state index contributed by atoms with van der Waals surface area (Å²) in [6.07, 6.45) is 0. The van der Waals surface area contributed by atoms with Crippen LogP contribution in [0, 0.1) is 0 Å². The molecule has 134 valence electrons. The van der Waals surface area contributed by atoms with Crippen LogP contribution >= 0.6 is 58.3 Å². The second kappa shape index (κ2) is 10.6. The molecule has 0 spiro atoms. The zero-order valence-corrected chi connectivity index (χ0v) is 17.5. The lowest BCUT2D eigenvalue weighted by Gasteiger charge is -2.12. The predicted octanol–water partition coefficient (Wildman–Crippen LogP) is 6.18. The van der Waals surface area contributed by atoms with Crippen molar-refractivity contribution in [2.75, 3.05) is 12.3 Å². The summed E-state index contributed by atoms with van der Waals surface area (Å²) in [4.78, 5) is 13.2. The zero-order chi connectivity index (χ0) is 18.2. The van der Waals surface area contributed by atoms with Gasteiger partial charge in [0, 0.05) is 38.0 Å². The van der Waals surface area contributed by atoms with E-state index in [1.165, 1.54) is 11.8 Å². The predicted molar refractivity (Wildman–Crippen MR) is 112 cm³/mol. The third kappa shape index (κ3) is 7.32. The van der Waals surface area contributed by atoms with E-state index in [1.54, 1.807) is 17.8 Å². The van der Waals surface area contributed by atoms with Gasteiger partial charge in [-0.1, -0.05) is 40.9 Å². The maximum atomic E-state index is 12.1. The Labute approximate surface area is 172 Å². The molecule has 0 saturated carbocycles. The van der Waals surface area contributed by atoms with Gasteiger partial charge in [-0.15, -0.1) is 11.8 Å². The number of carbonyl (C=O) groups is 1. The van der Waals surface area contributed by atoms with E-state index < -0.39 is 0 Å². The Morgan fingerprint density at radius 2 is 1.76 bits per heavy atom. The van der Waals surface area contributed by atoms with Gasteiger partial charge >= 0.3 is 0 Å². The summed E-state index contributed by atoms with van der Waals surface area (Å²) in [6.45, 7) is 2.52. The van der Waals surface area contributed by atoms with Crippen LogP contribution in [-0.4, -0.2) is 23.5 Å². The van der Waals surface area contributed by atoms with Crippen LogP contribution in [0.4, 0.5) is 0 Å². The lowest BCUT2D eigenvalue weighted by Crippen LogP contribution is -2.32. The molecule has 0 aliphatic heterocycles. The van der Waals surface area contributed by atoms with Crippen molar-refractivity contribution in [3.05, 3.63) is 63.1 Å². The van der Waals surface area contributed by atoms with Crippen LogP contribution in [-0.2, 0) is 10.5 Å². The van der Waals surface area contributed by atoms with E-state index in [-0.39, 0.29) is 11.2 Å². The van der Waals surface area contributed by atoms with E-state index >= 15 is 0 Å². The molecule has 0 fully saturated rings. The van der Waals surface area contributed by atoms with E-state index in [1.807, 2.05) is 43.3 Å². The zero-order valence-electron chi connectivity index (χ0n) is 13.6. The molecule has 1 atom stereocenters.